The van der Waals surface area contributed by atoms with E-state index in [1.807, 2.05) is 26.0 Å². The molecular weight excluding hydrogens is 230 g/mol. The topological polar surface area (TPSA) is 66.4 Å². The van der Waals surface area contributed by atoms with E-state index in [0.29, 0.717) is 6.42 Å². The number of rotatable bonds is 2. The van der Waals surface area contributed by atoms with Crippen LogP contribution in [0.1, 0.15) is 31.4 Å². The summed E-state index contributed by atoms with van der Waals surface area (Å²) in [5.74, 6) is -0.957. The van der Waals surface area contributed by atoms with Crippen molar-refractivity contribution < 1.29 is 14.7 Å². The van der Waals surface area contributed by atoms with E-state index in [1.165, 1.54) is 0 Å². The molecule has 94 valence electrons. The molecule has 18 heavy (non-hydrogen) atoms. The Morgan fingerprint density at radius 3 is 2.83 bits per heavy atom. The second-order valence-electron chi connectivity index (χ2n) is 5.09. The highest BCUT2D eigenvalue weighted by atomic mass is 16.4. The Morgan fingerprint density at radius 2 is 2.17 bits per heavy atom. The second kappa shape index (κ2) is 4.29. The zero-order chi connectivity index (χ0) is 13.3. The van der Waals surface area contributed by atoms with E-state index in [4.69, 9.17) is 5.11 Å². The van der Waals surface area contributed by atoms with Crippen LogP contribution in [-0.4, -0.2) is 17.0 Å². The van der Waals surface area contributed by atoms with E-state index in [1.54, 1.807) is 12.1 Å². The summed E-state index contributed by atoms with van der Waals surface area (Å²) >= 11 is 0. The van der Waals surface area contributed by atoms with Gasteiger partial charge in [0.25, 0.3) is 0 Å². The smallest absolute Gasteiger partial charge is 0.328 e. The summed E-state index contributed by atoms with van der Waals surface area (Å²) in [7, 11) is 0. The van der Waals surface area contributed by atoms with Crippen LogP contribution >= 0.6 is 0 Å². The van der Waals surface area contributed by atoms with Gasteiger partial charge in [0.15, 0.2) is 0 Å². The average molecular weight is 245 g/mol. The molecule has 0 aliphatic carbocycles. The molecule has 1 heterocycles. The summed E-state index contributed by atoms with van der Waals surface area (Å²) < 4.78 is 0. The number of nitrogens with one attached hydrogen (secondary N) is 1. The molecule has 0 aromatic heterocycles. The summed E-state index contributed by atoms with van der Waals surface area (Å²) in [6.45, 7) is 4.02. The van der Waals surface area contributed by atoms with Crippen LogP contribution in [0, 0.1) is 0 Å². The SMILES string of the molecule is CC1(C)CC(=O)Nc2ccc(C=CC(=O)O)cc21. The minimum atomic E-state index is -0.972. The largest absolute Gasteiger partial charge is 0.478 e. The highest BCUT2D eigenvalue weighted by Gasteiger charge is 2.31. The zero-order valence-corrected chi connectivity index (χ0v) is 10.4. The third-order valence-electron chi connectivity index (χ3n) is 3.07. The van der Waals surface area contributed by atoms with Gasteiger partial charge >= 0.3 is 5.97 Å². The van der Waals surface area contributed by atoms with Gasteiger partial charge in [-0.2, -0.15) is 0 Å². The number of amides is 1. The fraction of sp³-hybridized carbons (Fsp3) is 0.286. The van der Waals surface area contributed by atoms with Gasteiger partial charge in [-0.15, -0.1) is 0 Å². The first-order chi connectivity index (χ1) is 8.38. The molecule has 0 spiro atoms. The number of carboxylic acid groups (broad SMARTS) is 1. The van der Waals surface area contributed by atoms with E-state index >= 15 is 0 Å². The van der Waals surface area contributed by atoms with Gasteiger partial charge in [0, 0.05) is 23.6 Å². The molecule has 1 aliphatic heterocycles. The van der Waals surface area contributed by atoms with Crippen LogP contribution < -0.4 is 5.32 Å². The third-order valence-corrected chi connectivity index (χ3v) is 3.07. The Balaban J connectivity index is 2.42. The van der Waals surface area contributed by atoms with E-state index in [9.17, 15) is 9.59 Å². The third kappa shape index (κ3) is 2.42. The van der Waals surface area contributed by atoms with Crippen molar-refractivity contribution in [2.24, 2.45) is 0 Å². The Kier molecular flexibility index (Phi) is 2.95. The number of hydrogen-bond acceptors (Lipinski definition) is 2. The summed E-state index contributed by atoms with van der Waals surface area (Å²) in [5.41, 5.74) is 2.43. The first kappa shape index (κ1) is 12.4. The summed E-state index contributed by atoms with van der Waals surface area (Å²) in [6, 6.07) is 5.53. The number of benzene rings is 1. The fourth-order valence-corrected chi connectivity index (χ4v) is 2.19. The van der Waals surface area contributed by atoms with Crippen LogP contribution in [0.15, 0.2) is 24.3 Å². The van der Waals surface area contributed by atoms with Gasteiger partial charge in [-0.3, -0.25) is 4.79 Å². The monoisotopic (exact) mass is 245 g/mol. The fourth-order valence-electron chi connectivity index (χ4n) is 2.19. The number of hydrogen-bond donors (Lipinski definition) is 2. The van der Waals surface area contributed by atoms with Crippen molar-refractivity contribution >= 4 is 23.6 Å². The maximum atomic E-state index is 11.5. The van der Waals surface area contributed by atoms with Crippen molar-refractivity contribution in [1.82, 2.24) is 0 Å². The van der Waals surface area contributed by atoms with Crippen molar-refractivity contribution in [3.63, 3.8) is 0 Å². The molecule has 1 amide bonds. The molecule has 0 saturated heterocycles. The van der Waals surface area contributed by atoms with Gasteiger partial charge in [0.1, 0.15) is 0 Å². The highest BCUT2D eigenvalue weighted by Crippen LogP contribution is 2.37. The van der Waals surface area contributed by atoms with Gasteiger partial charge < -0.3 is 10.4 Å². The van der Waals surface area contributed by atoms with E-state index in [2.05, 4.69) is 5.32 Å². The maximum Gasteiger partial charge on any atom is 0.328 e. The molecule has 0 radical (unpaired) electrons. The first-order valence-corrected chi connectivity index (χ1v) is 5.74. The minimum Gasteiger partial charge on any atom is -0.478 e. The molecule has 2 rings (SSSR count). The summed E-state index contributed by atoms with van der Waals surface area (Å²) in [6.07, 6.45) is 3.09. The maximum absolute atomic E-state index is 11.5. The lowest BCUT2D eigenvalue weighted by atomic mass is 9.77. The van der Waals surface area contributed by atoms with Crippen molar-refractivity contribution in [1.29, 1.82) is 0 Å². The van der Waals surface area contributed by atoms with E-state index < -0.39 is 5.97 Å². The number of anilines is 1. The van der Waals surface area contributed by atoms with Crippen LogP contribution in [0.2, 0.25) is 0 Å². The van der Waals surface area contributed by atoms with Crippen molar-refractivity contribution in [2.45, 2.75) is 25.7 Å². The zero-order valence-electron chi connectivity index (χ0n) is 10.4. The minimum absolute atomic E-state index is 0.0151. The molecule has 0 bridgehead atoms. The summed E-state index contributed by atoms with van der Waals surface area (Å²) in [5, 5.41) is 11.4. The number of carboxylic acids is 1. The van der Waals surface area contributed by atoms with Crippen LogP contribution in [-0.2, 0) is 15.0 Å². The number of carbonyl (C=O) groups is 2. The van der Waals surface area contributed by atoms with E-state index in [0.717, 1.165) is 22.9 Å². The number of fused-ring (bicyclic) bond motifs is 1. The normalized spacial score (nSPS) is 17.3. The standard InChI is InChI=1S/C14H15NO3/c1-14(2)8-12(16)15-11-5-3-9(7-10(11)14)4-6-13(17)18/h3-7H,8H2,1-2H3,(H,15,16)(H,17,18). The average Bonchev–Trinajstić information content (AvgIpc) is 2.25. The highest BCUT2D eigenvalue weighted by molar-refractivity contribution is 5.95. The molecule has 4 nitrogen and oxygen atoms in total. The van der Waals surface area contributed by atoms with Crippen LogP contribution in [0.25, 0.3) is 6.08 Å². The molecule has 0 fully saturated rings. The molecule has 1 aliphatic rings. The van der Waals surface area contributed by atoms with E-state index in [-0.39, 0.29) is 11.3 Å². The Morgan fingerprint density at radius 1 is 1.44 bits per heavy atom. The van der Waals surface area contributed by atoms with Crippen molar-refractivity contribution in [3.05, 3.63) is 35.4 Å². The molecule has 0 atom stereocenters. The number of carbonyl (C=O) groups excluding carboxylic acids is 1. The molecule has 0 saturated carbocycles. The lowest BCUT2D eigenvalue weighted by Crippen LogP contribution is -2.32. The molecule has 1 aromatic carbocycles. The van der Waals surface area contributed by atoms with Gasteiger partial charge in [-0.25, -0.2) is 4.79 Å². The predicted molar refractivity (Wildman–Crippen MR) is 69.4 cm³/mol. The molecule has 4 heteroatoms. The lowest BCUT2D eigenvalue weighted by molar-refractivity contribution is -0.131. The lowest BCUT2D eigenvalue weighted by Gasteiger charge is -2.32. The van der Waals surface area contributed by atoms with Gasteiger partial charge in [0.05, 0.1) is 0 Å². The molecular formula is C14H15NO3. The van der Waals surface area contributed by atoms with Gasteiger partial charge in [0.2, 0.25) is 5.91 Å². The first-order valence-electron chi connectivity index (χ1n) is 5.74. The predicted octanol–water partition coefficient (Wildman–Crippen LogP) is 2.40. The van der Waals surface area contributed by atoms with Crippen LogP contribution in [0.5, 0.6) is 0 Å². The van der Waals surface area contributed by atoms with Crippen LogP contribution in [0.3, 0.4) is 0 Å². The van der Waals surface area contributed by atoms with Crippen molar-refractivity contribution in [2.75, 3.05) is 5.32 Å². The Hall–Kier alpha value is -2.10. The van der Waals surface area contributed by atoms with Crippen molar-refractivity contribution in [3.8, 4) is 0 Å². The molecule has 2 N–H and O–H groups in total. The number of aliphatic carboxylic acids is 1. The summed E-state index contributed by atoms with van der Waals surface area (Å²) in [4.78, 5) is 22.0. The quantitative estimate of drug-likeness (QED) is 0.786. The van der Waals surface area contributed by atoms with Gasteiger partial charge in [-0.05, 0) is 29.3 Å². The second-order valence-corrected chi connectivity index (χ2v) is 5.09. The molecule has 1 aromatic rings. The molecule has 0 unspecified atom stereocenters. The Bertz CT molecular complexity index is 544. The van der Waals surface area contributed by atoms with Gasteiger partial charge in [-0.1, -0.05) is 19.9 Å². The Labute approximate surface area is 105 Å². The van der Waals surface area contributed by atoms with Crippen LogP contribution in [0.4, 0.5) is 5.69 Å².